The van der Waals surface area contributed by atoms with Crippen molar-refractivity contribution in [1.29, 1.82) is 0 Å². The van der Waals surface area contributed by atoms with E-state index in [2.05, 4.69) is 4.98 Å². The van der Waals surface area contributed by atoms with E-state index < -0.39 is 11.9 Å². The molecule has 38 heavy (non-hydrogen) atoms. The third kappa shape index (κ3) is 4.26. The minimum absolute atomic E-state index is 0.0635. The monoisotopic (exact) mass is 505 g/mol. The Morgan fingerprint density at radius 2 is 1.82 bits per heavy atom. The Kier molecular flexibility index (Phi) is 5.84. The molecule has 188 valence electrons. The fraction of sp³-hybridized carbons (Fsp3) is 0.133. The number of carbonyl (C=O) groups is 3. The Balaban J connectivity index is 1.28. The van der Waals surface area contributed by atoms with Gasteiger partial charge in [0.1, 0.15) is 17.3 Å². The van der Waals surface area contributed by atoms with Gasteiger partial charge in [0.2, 0.25) is 11.8 Å². The Bertz CT molecular complexity index is 1620. The van der Waals surface area contributed by atoms with Crippen LogP contribution in [0.2, 0.25) is 0 Å². The van der Waals surface area contributed by atoms with Crippen LogP contribution in [0.3, 0.4) is 0 Å². The second kappa shape index (κ2) is 9.48. The number of aryl methyl sites for hydroxylation is 1. The number of imide groups is 1. The number of para-hydroxylation sites is 2. The zero-order valence-corrected chi connectivity index (χ0v) is 20.5. The minimum Gasteiger partial charge on any atom is -0.467 e. The van der Waals surface area contributed by atoms with Crippen molar-refractivity contribution < 1.29 is 23.2 Å². The summed E-state index contributed by atoms with van der Waals surface area (Å²) in [6.45, 7) is 1.96. The van der Waals surface area contributed by atoms with E-state index in [1.54, 1.807) is 54.6 Å². The highest BCUT2D eigenvalue weighted by molar-refractivity contribution is 6.23. The number of carbonyl (C=O) groups excluding carboxylic acids is 3. The zero-order chi connectivity index (χ0) is 26.2. The molecule has 3 amide bonds. The maximum Gasteiger partial charge on any atom is 0.257 e. The van der Waals surface area contributed by atoms with Gasteiger partial charge in [0.15, 0.2) is 5.58 Å². The van der Waals surface area contributed by atoms with Crippen molar-refractivity contribution >= 4 is 34.5 Å². The molecule has 0 spiro atoms. The zero-order valence-electron chi connectivity index (χ0n) is 20.5. The Morgan fingerprint density at radius 1 is 1.00 bits per heavy atom. The van der Waals surface area contributed by atoms with Gasteiger partial charge >= 0.3 is 0 Å². The van der Waals surface area contributed by atoms with Gasteiger partial charge in [0.05, 0.1) is 24.9 Å². The number of rotatable bonds is 6. The van der Waals surface area contributed by atoms with Gasteiger partial charge in [-0.25, -0.2) is 9.88 Å². The summed E-state index contributed by atoms with van der Waals surface area (Å²) < 4.78 is 11.3. The Hall–Kier alpha value is -4.98. The molecule has 0 radical (unpaired) electrons. The van der Waals surface area contributed by atoms with Crippen LogP contribution in [0.15, 0.2) is 100 Å². The summed E-state index contributed by atoms with van der Waals surface area (Å²) in [6, 6.07) is 24.0. The van der Waals surface area contributed by atoms with Gasteiger partial charge in [-0.3, -0.25) is 14.4 Å². The van der Waals surface area contributed by atoms with Gasteiger partial charge in [-0.2, -0.15) is 0 Å². The highest BCUT2D eigenvalue weighted by Crippen LogP contribution is 2.31. The number of nitrogens with zero attached hydrogens (tertiary/aromatic N) is 3. The SMILES string of the molecule is Cc1cccc(C(=O)N(Cc2ccco2)C2CC(=O)N(c3ccc(-c4nc5ccccc5o4)cc3)C2=O)c1. The van der Waals surface area contributed by atoms with E-state index in [0.29, 0.717) is 28.5 Å². The Labute approximate surface area is 218 Å². The topological polar surface area (TPSA) is 96.9 Å². The van der Waals surface area contributed by atoms with E-state index in [-0.39, 0.29) is 24.8 Å². The van der Waals surface area contributed by atoms with Crippen molar-refractivity contribution in [2.75, 3.05) is 4.90 Å². The molecule has 0 aliphatic carbocycles. The smallest absolute Gasteiger partial charge is 0.257 e. The number of oxazole rings is 1. The number of hydrogen-bond acceptors (Lipinski definition) is 6. The summed E-state index contributed by atoms with van der Waals surface area (Å²) in [5, 5.41) is 0. The van der Waals surface area contributed by atoms with Crippen molar-refractivity contribution in [2.45, 2.75) is 25.9 Å². The predicted octanol–water partition coefficient (Wildman–Crippen LogP) is 5.37. The van der Waals surface area contributed by atoms with Crippen LogP contribution in [0.5, 0.6) is 0 Å². The van der Waals surface area contributed by atoms with Crippen LogP contribution in [-0.2, 0) is 16.1 Å². The number of amides is 3. The lowest BCUT2D eigenvalue weighted by molar-refractivity contribution is -0.122. The quantitative estimate of drug-likeness (QED) is 0.288. The summed E-state index contributed by atoms with van der Waals surface area (Å²) in [7, 11) is 0. The fourth-order valence-corrected chi connectivity index (χ4v) is 4.72. The molecule has 2 aromatic heterocycles. The summed E-state index contributed by atoms with van der Waals surface area (Å²) in [6.07, 6.45) is 1.39. The predicted molar refractivity (Wildman–Crippen MR) is 140 cm³/mol. The molecular weight excluding hydrogens is 482 g/mol. The van der Waals surface area contributed by atoms with Crippen LogP contribution in [-0.4, -0.2) is 33.6 Å². The van der Waals surface area contributed by atoms with Crippen LogP contribution in [0, 0.1) is 6.92 Å². The normalized spacial score (nSPS) is 15.4. The first-order chi connectivity index (χ1) is 18.5. The molecule has 3 aromatic carbocycles. The molecule has 1 aliphatic heterocycles. The number of aromatic nitrogens is 1. The average molecular weight is 506 g/mol. The van der Waals surface area contributed by atoms with E-state index >= 15 is 0 Å². The number of benzene rings is 3. The highest BCUT2D eigenvalue weighted by atomic mass is 16.3. The van der Waals surface area contributed by atoms with E-state index in [1.165, 1.54) is 11.2 Å². The maximum atomic E-state index is 13.6. The van der Waals surface area contributed by atoms with E-state index in [9.17, 15) is 14.4 Å². The molecule has 0 saturated carbocycles. The van der Waals surface area contributed by atoms with Crippen LogP contribution in [0.4, 0.5) is 5.69 Å². The third-order valence-corrected chi connectivity index (χ3v) is 6.60. The molecule has 1 fully saturated rings. The first kappa shape index (κ1) is 23.4. The summed E-state index contributed by atoms with van der Waals surface area (Å²) in [5.41, 5.74) is 3.92. The molecule has 8 nitrogen and oxygen atoms in total. The van der Waals surface area contributed by atoms with Gasteiger partial charge < -0.3 is 13.7 Å². The molecule has 1 unspecified atom stereocenters. The fourth-order valence-electron chi connectivity index (χ4n) is 4.72. The third-order valence-electron chi connectivity index (χ3n) is 6.60. The first-order valence-corrected chi connectivity index (χ1v) is 12.2. The summed E-state index contributed by atoms with van der Waals surface area (Å²) in [5.74, 6) is -0.215. The second-order valence-corrected chi connectivity index (χ2v) is 9.20. The number of furan rings is 1. The van der Waals surface area contributed by atoms with E-state index in [1.807, 2.05) is 37.3 Å². The molecule has 1 aliphatic rings. The lowest BCUT2D eigenvalue weighted by Crippen LogP contribution is -2.45. The number of hydrogen-bond donors (Lipinski definition) is 0. The number of anilines is 1. The molecule has 6 rings (SSSR count). The average Bonchev–Trinajstić information content (AvgIpc) is 3.66. The van der Waals surface area contributed by atoms with Crippen molar-refractivity contribution in [1.82, 2.24) is 9.88 Å². The van der Waals surface area contributed by atoms with Crippen molar-refractivity contribution in [3.05, 3.63) is 108 Å². The van der Waals surface area contributed by atoms with Crippen LogP contribution >= 0.6 is 0 Å². The largest absolute Gasteiger partial charge is 0.467 e. The molecule has 1 atom stereocenters. The molecular formula is C30H23N3O5. The van der Waals surface area contributed by atoms with Gasteiger partial charge in [0.25, 0.3) is 11.8 Å². The van der Waals surface area contributed by atoms with Gasteiger partial charge in [-0.15, -0.1) is 0 Å². The molecule has 1 saturated heterocycles. The summed E-state index contributed by atoms with van der Waals surface area (Å²) >= 11 is 0. The Morgan fingerprint density at radius 3 is 2.55 bits per heavy atom. The lowest BCUT2D eigenvalue weighted by atomic mass is 10.1. The number of fused-ring (bicyclic) bond motifs is 1. The van der Waals surface area contributed by atoms with E-state index in [0.717, 1.165) is 21.5 Å². The molecule has 8 heteroatoms. The van der Waals surface area contributed by atoms with Crippen LogP contribution in [0.1, 0.15) is 28.1 Å². The first-order valence-electron chi connectivity index (χ1n) is 12.2. The summed E-state index contributed by atoms with van der Waals surface area (Å²) in [4.78, 5) is 47.3. The van der Waals surface area contributed by atoms with Gasteiger partial charge in [-0.05, 0) is 67.6 Å². The van der Waals surface area contributed by atoms with Gasteiger partial charge in [-0.1, -0.05) is 29.8 Å². The second-order valence-electron chi connectivity index (χ2n) is 9.20. The molecule has 0 bridgehead atoms. The van der Waals surface area contributed by atoms with Gasteiger partial charge in [0, 0.05) is 11.1 Å². The molecule has 0 N–H and O–H groups in total. The molecule has 3 heterocycles. The van der Waals surface area contributed by atoms with Crippen molar-refractivity contribution in [3.8, 4) is 11.5 Å². The van der Waals surface area contributed by atoms with Crippen LogP contribution < -0.4 is 4.90 Å². The molecule has 5 aromatic rings. The highest BCUT2D eigenvalue weighted by Gasteiger charge is 2.44. The van der Waals surface area contributed by atoms with Crippen LogP contribution in [0.25, 0.3) is 22.6 Å². The standard InChI is InChI=1S/C30H23N3O5/c1-19-6-4-7-21(16-19)29(35)32(18-23-8-5-15-37-23)25-17-27(34)33(30(25)36)22-13-11-20(12-14-22)28-31-24-9-2-3-10-26(24)38-28/h2-16,25H,17-18H2,1H3. The van der Waals surface area contributed by atoms with Crippen molar-refractivity contribution in [3.63, 3.8) is 0 Å². The van der Waals surface area contributed by atoms with Crippen molar-refractivity contribution in [2.24, 2.45) is 0 Å². The lowest BCUT2D eigenvalue weighted by Gasteiger charge is -2.27. The minimum atomic E-state index is -0.961. The van der Waals surface area contributed by atoms with E-state index in [4.69, 9.17) is 8.83 Å². The maximum absolute atomic E-state index is 13.6.